The number of carboxylic acid groups (broad SMARTS) is 2. The molecule has 2 N–H and O–H groups in total. The minimum Gasteiger partial charge on any atom is -0.480 e. The number of likely N-dealkylation sites (tertiary alicyclic amines) is 3. The molecule has 3 rings (SSSR count). The van der Waals surface area contributed by atoms with E-state index in [0.717, 1.165) is 19.3 Å². The fourth-order valence-corrected chi connectivity index (χ4v) is 3.16. The van der Waals surface area contributed by atoms with Crippen LogP contribution >= 0.6 is 0 Å². The summed E-state index contributed by atoms with van der Waals surface area (Å²) >= 11 is 0. The van der Waals surface area contributed by atoms with Gasteiger partial charge in [-0.25, -0.2) is 0 Å². The van der Waals surface area contributed by atoms with E-state index in [4.69, 9.17) is 10.2 Å². The SMILES string of the molecule is COC(=O)CN1CCCC1=O.O=C(O)CN1CCCC1=O.O=C(O)CN1CCCC1=O. The molecular weight excluding hydrogens is 414 g/mol. The molecule has 3 amide bonds. The molecule has 174 valence electrons. The van der Waals surface area contributed by atoms with Crippen LogP contribution in [0.1, 0.15) is 38.5 Å². The smallest absolute Gasteiger partial charge is 0.325 e. The molecule has 0 aromatic rings. The molecule has 0 bridgehead atoms. The molecule has 0 aliphatic carbocycles. The molecule has 12 nitrogen and oxygen atoms in total. The quantitative estimate of drug-likeness (QED) is 0.499. The van der Waals surface area contributed by atoms with Crippen molar-refractivity contribution in [3.05, 3.63) is 0 Å². The Morgan fingerprint density at radius 2 is 1.03 bits per heavy atom. The lowest BCUT2D eigenvalue weighted by Crippen LogP contribution is -2.31. The van der Waals surface area contributed by atoms with Crippen molar-refractivity contribution >= 4 is 35.6 Å². The molecule has 3 heterocycles. The van der Waals surface area contributed by atoms with E-state index in [1.165, 1.54) is 21.8 Å². The van der Waals surface area contributed by atoms with Gasteiger partial charge in [0.15, 0.2) is 0 Å². The lowest BCUT2D eigenvalue weighted by atomic mass is 10.4. The monoisotopic (exact) mass is 443 g/mol. The van der Waals surface area contributed by atoms with Gasteiger partial charge in [-0.2, -0.15) is 0 Å². The van der Waals surface area contributed by atoms with E-state index in [9.17, 15) is 28.8 Å². The average Bonchev–Trinajstić information content (AvgIpc) is 3.40. The second kappa shape index (κ2) is 13.2. The van der Waals surface area contributed by atoms with E-state index in [-0.39, 0.29) is 43.3 Å². The maximum absolute atomic E-state index is 10.9. The lowest BCUT2D eigenvalue weighted by molar-refractivity contribution is -0.145. The van der Waals surface area contributed by atoms with Crippen LogP contribution < -0.4 is 0 Å². The van der Waals surface area contributed by atoms with Gasteiger partial charge in [0, 0.05) is 38.9 Å². The van der Waals surface area contributed by atoms with E-state index in [2.05, 4.69) is 4.74 Å². The standard InChI is InChI=1S/C7H11NO3.2C6H9NO3/c1-11-7(10)5-8-4-2-3-6(8)9;2*8-5-2-1-3-7(5)4-6(9)10/h2-5H2,1H3;2*1-4H2,(H,9,10). The first-order valence-electron chi connectivity index (χ1n) is 9.97. The van der Waals surface area contributed by atoms with Gasteiger partial charge in [-0.3, -0.25) is 28.8 Å². The van der Waals surface area contributed by atoms with Crippen LogP contribution in [0.5, 0.6) is 0 Å². The van der Waals surface area contributed by atoms with Crippen LogP contribution in [-0.2, 0) is 33.5 Å². The molecule has 3 aliphatic heterocycles. The van der Waals surface area contributed by atoms with Crippen molar-refractivity contribution in [2.24, 2.45) is 0 Å². The molecule has 0 aromatic heterocycles. The van der Waals surface area contributed by atoms with Gasteiger partial charge >= 0.3 is 17.9 Å². The minimum absolute atomic E-state index is 0.0394. The number of carbonyl (C=O) groups is 6. The van der Waals surface area contributed by atoms with Crippen LogP contribution in [0, 0.1) is 0 Å². The number of hydrogen-bond donors (Lipinski definition) is 2. The van der Waals surface area contributed by atoms with Crippen molar-refractivity contribution in [2.45, 2.75) is 38.5 Å². The number of aliphatic carboxylic acids is 2. The Kier molecular flexibility index (Phi) is 11.0. The van der Waals surface area contributed by atoms with Crippen LogP contribution in [0.2, 0.25) is 0 Å². The second-order valence-electron chi connectivity index (χ2n) is 7.12. The molecule has 3 saturated heterocycles. The number of esters is 1. The van der Waals surface area contributed by atoms with E-state index in [1.54, 1.807) is 0 Å². The summed E-state index contributed by atoms with van der Waals surface area (Å²) < 4.78 is 4.43. The zero-order valence-electron chi connectivity index (χ0n) is 17.6. The third kappa shape index (κ3) is 9.92. The van der Waals surface area contributed by atoms with Gasteiger partial charge in [0.05, 0.1) is 7.11 Å². The van der Waals surface area contributed by atoms with Crippen molar-refractivity contribution in [1.82, 2.24) is 14.7 Å². The molecule has 0 spiro atoms. The average molecular weight is 443 g/mol. The van der Waals surface area contributed by atoms with Crippen LogP contribution in [0.4, 0.5) is 0 Å². The lowest BCUT2D eigenvalue weighted by Gasteiger charge is -2.12. The van der Waals surface area contributed by atoms with Crippen LogP contribution in [0.3, 0.4) is 0 Å². The second-order valence-corrected chi connectivity index (χ2v) is 7.12. The molecule has 0 unspecified atom stereocenters. The maximum atomic E-state index is 10.9. The molecule has 3 aliphatic rings. The first kappa shape index (κ1) is 25.9. The third-order valence-corrected chi connectivity index (χ3v) is 4.71. The molecule has 3 fully saturated rings. The van der Waals surface area contributed by atoms with Crippen molar-refractivity contribution < 1.29 is 43.7 Å². The van der Waals surface area contributed by atoms with Gasteiger partial charge in [-0.05, 0) is 19.3 Å². The zero-order valence-corrected chi connectivity index (χ0v) is 17.6. The maximum Gasteiger partial charge on any atom is 0.325 e. The van der Waals surface area contributed by atoms with E-state index in [1.807, 2.05) is 0 Å². The highest BCUT2D eigenvalue weighted by Crippen LogP contribution is 2.09. The molecule has 31 heavy (non-hydrogen) atoms. The van der Waals surface area contributed by atoms with E-state index in [0.29, 0.717) is 38.9 Å². The molecule has 0 atom stereocenters. The number of hydrogen-bond acceptors (Lipinski definition) is 7. The van der Waals surface area contributed by atoms with Gasteiger partial charge in [0.2, 0.25) is 17.7 Å². The number of carboxylic acids is 2. The number of rotatable bonds is 6. The van der Waals surface area contributed by atoms with Crippen molar-refractivity contribution in [1.29, 1.82) is 0 Å². The minimum atomic E-state index is -0.935. The third-order valence-electron chi connectivity index (χ3n) is 4.71. The van der Waals surface area contributed by atoms with Gasteiger partial charge < -0.3 is 29.6 Å². The highest BCUT2D eigenvalue weighted by Gasteiger charge is 2.23. The Hall–Kier alpha value is -3.18. The van der Waals surface area contributed by atoms with Crippen LogP contribution in [0.25, 0.3) is 0 Å². The summed E-state index contributed by atoms with van der Waals surface area (Å²) in [6.45, 7) is 1.72. The summed E-state index contributed by atoms with van der Waals surface area (Å²) in [4.78, 5) is 67.6. The number of amides is 3. The van der Waals surface area contributed by atoms with Gasteiger partial charge in [0.1, 0.15) is 19.6 Å². The van der Waals surface area contributed by atoms with E-state index < -0.39 is 11.9 Å². The Balaban J connectivity index is 0.000000233. The number of ether oxygens (including phenoxy) is 1. The number of carbonyl (C=O) groups excluding carboxylic acids is 4. The van der Waals surface area contributed by atoms with E-state index >= 15 is 0 Å². The summed E-state index contributed by atoms with van der Waals surface area (Å²) in [6, 6.07) is 0. The molecule has 0 aromatic carbocycles. The summed E-state index contributed by atoms with van der Waals surface area (Å²) in [6.07, 6.45) is 4.03. The fourth-order valence-electron chi connectivity index (χ4n) is 3.16. The summed E-state index contributed by atoms with van der Waals surface area (Å²) in [5, 5.41) is 16.6. The largest absolute Gasteiger partial charge is 0.480 e. The Labute approximate surface area is 179 Å². The Morgan fingerprint density at radius 3 is 1.26 bits per heavy atom. The highest BCUT2D eigenvalue weighted by molar-refractivity contribution is 5.84. The van der Waals surface area contributed by atoms with Gasteiger partial charge in [-0.1, -0.05) is 0 Å². The summed E-state index contributed by atoms with van der Waals surface area (Å²) in [5.41, 5.74) is 0. The predicted octanol–water partition coefficient (Wildman–Crippen LogP) is -0.831. The van der Waals surface area contributed by atoms with Crippen LogP contribution in [0.15, 0.2) is 0 Å². The Morgan fingerprint density at radius 1 is 0.710 bits per heavy atom. The van der Waals surface area contributed by atoms with Gasteiger partial charge in [0.25, 0.3) is 0 Å². The van der Waals surface area contributed by atoms with Crippen LogP contribution in [-0.4, -0.2) is 107 Å². The first-order valence-corrected chi connectivity index (χ1v) is 9.97. The zero-order chi connectivity index (χ0) is 23.4. The van der Waals surface area contributed by atoms with Crippen molar-refractivity contribution in [3.8, 4) is 0 Å². The summed E-state index contributed by atoms with van der Waals surface area (Å²) in [7, 11) is 1.32. The van der Waals surface area contributed by atoms with Crippen molar-refractivity contribution in [2.75, 3.05) is 46.4 Å². The highest BCUT2D eigenvalue weighted by atomic mass is 16.5. The van der Waals surface area contributed by atoms with Gasteiger partial charge in [-0.15, -0.1) is 0 Å². The summed E-state index contributed by atoms with van der Waals surface area (Å²) in [5.74, 6) is -2.24. The fraction of sp³-hybridized carbons (Fsp3) is 0.684. The topological polar surface area (TPSA) is 162 Å². The molecule has 0 saturated carbocycles. The molecule has 12 heteroatoms. The number of nitrogens with zero attached hydrogens (tertiary/aromatic N) is 3. The Bertz CT molecular complexity index is 657. The number of methoxy groups -OCH3 is 1. The molecule has 0 radical (unpaired) electrons. The predicted molar refractivity (Wildman–Crippen MR) is 105 cm³/mol. The normalized spacial score (nSPS) is 17.7. The molecular formula is C19H29N3O9. The van der Waals surface area contributed by atoms with Crippen molar-refractivity contribution in [3.63, 3.8) is 0 Å². The first-order chi connectivity index (χ1) is 14.6.